The molecule has 3 aliphatic heterocycles. The number of anilines is 2. The van der Waals surface area contributed by atoms with Gasteiger partial charge in [0, 0.05) is 38.6 Å². The summed E-state index contributed by atoms with van der Waals surface area (Å²) in [5, 5.41) is 2.81. The molecule has 1 atom stereocenters. The normalized spacial score (nSPS) is 21.2. The zero-order valence-electron chi connectivity index (χ0n) is 17.6. The largest absolute Gasteiger partial charge is 0.493 e. The highest BCUT2D eigenvalue weighted by Gasteiger charge is 2.37. The van der Waals surface area contributed by atoms with Crippen LogP contribution in [0.1, 0.15) is 37.9 Å². The van der Waals surface area contributed by atoms with E-state index in [1.54, 1.807) is 20.0 Å². The number of carbonyl (C=O) groups is 1. The molecule has 1 amide bonds. The van der Waals surface area contributed by atoms with Gasteiger partial charge in [0.15, 0.2) is 5.60 Å². The van der Waals surface area contributed by atoms with Crippen LogP contribution in [-0.4, -0.2) is 59.2 Å². The molecule has 1 unspecified atom stereocenters. The number of hydrogen-bond acceptors (Lipinski definition) is 7. The first-order chi connectivity index (χ1) is 14.4. The quantitative estimate of drug-likeness (QED) is 0.834. The average molecular weight is 409 g/mol. The number of rotatable bonds is 3. The molecule has 5 rings (SSSR count). The molecule has 0 spiro atoms. The number of hydrogen-bond donors (Lipinski definition) is 1. The lowest BCUT2D eigenvalue weighted by Crippen LogP contribution is -2.48. The Morgan fingerprint density at radius 2 is 2.00 bits per heavy atom. The Hall–Kier alpha value is -2.87. The second kappa shape index (κ2) is 7.12. The van der Waals surface area contributed by atoms with Gasteiger partial charge in [-0.25, -0.2) is 4.98 Å². The monoisotopic (exact) mass is 409 g/mol. The number of carbonyl (C=O) groups excluding carboxylic acids is 1. The summed E-state index contributed by atoms with van der Waals surface area (Å²) in [7, 11) is 0. The van der Waals surface area contributed by atoms with Crippen LogP contribution in [0.4, 0.5) is 11.6 Å². The van der Waals surface area contributed by atoms with Gasteiger partial charge < -0.3 is 19.7 Å². The maximum Gasteiger partial charge on any atom is 0.268 e. The zero-order valence-corrected chi connectivity index (χ0v) is 17.6. The third-order valence-electron chi connectivity index (χ3n) is 6.24. The molecular formula is C22H27N5O3. The highest BCUT2D eigenvalue weighted by molar-refractivity contribution is 5.99. The molecule has 8 heteroatoms. The second-order valence-electron chi connectivity index (χ2n) is 8.62. The van der Waals surface area contributed by atoms with Gasteiger partial charge >= 0.3 is 0 Å². The van der Waals surface area contributed by atoms with E-state index in [1.165, 1.54) is 11.1 Å². The molecule has 0 aliphatic carbocycles. The number of benzene rings is 1. The fourth-order valence-electron chi connectivity index (χ4n) is 4.20. The van der Waals surface area contributed by atoms with Gasteiger partial charge in [0.1, 0.15) is 11.4 Å². The number of piperazine rings is 1. The predicted molar refractivity (Wildman–Crippen MR) is 113 cm³/mol. The zero-order chi connectivity index (χ0) is 20.9. The maximum absolute atomic E-state index is 12.0. The Labute approximate surface area is 176 Å². The molecule has 4 heterocycles. The van der Waals surface area contributed by atoms with Gasteiger partial charge in [-0.1, -0.05) is 12.1 Å². The molecule has 158 valence electrons. The number of ether oxygens (including phenoxy) is 2. The SMILES string of the molecule is CC(c1ccc2c(c1)OCC2)N1CCN(c2ncc3c(n2)OC(C)(C)C(=O)N3)CC1. The van der Waals surface area contributed by atoms with Crippen molar-refractivity contribution in [3.8, 4) is 11.6 Å². The van der Waals surface area contributed by atoms with Crippen molar-refractivity contribution < 1.29 is 14.3 Å². The van der Waals surface area contributed by atoms with Crippen LogP contribution >= 0.6 is 0 Å². The first kappa shape index (κ1) is 19.1. The molecule has 2 aromatic rings. The van der Waals surface area contributed by atoms with E-state index >= 15 is 0 Å². The number of nitrogens with one attached hydrogen (secondary N) is 1. The van der Waals surface area contributed by atoms with Crippen LogP contribution in [0.2, 0.25) is 0 Å². The van der Waals surface area contributed by atoms with Crippen LogP contribution in [0.5, 0.6) is 11.6 Å². The summed E-state index contributed by atoms with van der Waals surface area (Å²) >= 11 is 0. The molecule has 1 saturated heterocycles. The predicted octanol–water partition coefficient (Wildman–Crippen LogP) is 2.40. The number of nitrogens with zero attached hydrogens (tertiary/aromatic N) is 4. The van der Waals surface area contributed by atoms with E-state index in [1.807, 2.05) is 0 Å². The summed E-state index contributed by atoms with van der Waals surface area (Å²) in [4.78, 5) is 25.7. The molecule has 1 fully saturated rings. The van der Waals surface area contributed by atoms with Crippen LogP contribution in [0.3, 0.4) is 0 Å². The third kappa shape index (κ3) is 3.35. The Morgan fingerprint density at radius 3 is 2.80 bits per heavy atom. The summed E-state index contributed by atoms with van der Waals surface area (Å²) in [5.74, 6) is 1.92. The second-order valence-corrected chi connectivity index (χ2v) is 8.62. The summed E-state index contributed by atoms with van der Waals surface area (Å²) in [6.45, 7) is 10.0. The molecule has 0 saturated carbocycles. The van der Waals surface area contributed by atoms with E-state index < -0.39 is 5.60 Å². The summed E-state index contributed by atoms with van der Waals surface area (Å²) in [5.41, 5.74) is 2.18. The van der Waals surface area contributed by atoms with Gasteiger partial charge in [0.25, 0.3) is 5.91 Å². The summed E-state index contributed by atoms with van der Waals surface area (Å²) < 4.78 is 11.5. The number of amides is 1. The standard InChI is InChI=1S/C22H27N5O3/c1-14(16-5-4-15-6-11-29-18(15)12-16)26-7-9-27(10-8-26)21-23-13-17-19(25-21)30-22(2,3)20(28)24-17/h4-5,12-14H,6-11H2,1-3H3,(H,24,28). The number of fused-ring (bicyclic) bond motifs is 2. The van der Waals surface area contributed by atoms with Crippen LogP contribution < -0.4 is 19.7 Å². The van der Waals surface area contributed by atoms with Gasteiger partial charge in [-0.15, -0.1) is 0 Å². The molecule has 30 heavy (non-hydrogen) atoms. The molecule has 1 N–H and O–H groups in total. The molecule has 0 bridgehead atoms. The van der Waals surface area contributed by atoms with Gasteiger partial charge in [-0.2, -0.15) is 4.98 Å². The van der Waals surface area contributed by atoms with Gasteiger partial charge in [0.2, 0.25) is 11.8 Å². The van der Waals surface area contributed by atoms with Crippen molar-refractivity contribution in [1.29, 1.82) is 0 Å². The first-order valence-corrected chi connectivity index (χ1v) is 10.5. The van der Waals surface area contributed by atoms with Crippen molar-refractivity contribution in [2.45, 2.75) is 38.8 Å². The van der Waals surface area contributed by atoms with E-state index in [0.29, 0.717) is 23.6 Å². The molecule has 3 aliphatic rings. The van der Waals surface area contributed by atoms with Crippen molar-refractivity contribution in [3.63, 3.8) is 0 Å². The lowest BCUT2D eigenvalue weighted by molar-refractivity contribution is -0.129. The van der Waals surface area contributed by atoms with Gasteiger partial charge in [0.05, 0.1) is 12.8 Å². The van der Waals surface area contributed by atoms with Crippen LogP contribution in [0.25, 0.3) is 0 Å². The Bertz CT molecular complexity index is 985. The van der Waals surface area contributed by atoms with E-state index in [2.05, 4.69) is 50.2 Å². The maximum atomic E-state index is 12.0. The Morgan fingerprint density at radius 1 is 1.20 bits per heavy atom. The summed E-state index contributed by atoms with van der Waals surface area (Å²) in [6, 6.07) is 6.95. The van der Waals surface area contributed by atoms with Crippen molar-refractivity contribution in [2.24, 2.45) is 0 Å². The van der Waals surface area contributed by atoms with Crippen molar-refractivity contribution in [3.05, 3.63) is 35.5 Å². The molecule has 1 aromatic heterocycles. The van der Waals surface area contributed by atoms with Crippen LogP contribution in [0.15, 0.2) is 24.4 Å². The van der Waals surface area contributed by atoms with Crippen LogP contribution in [-0.2, 0) is 11.2 Å². The van der Waals surface area contributed by atoms with Crippen LogP contribution in [0, 0.1) is 0 Å². The van der Waals surface area contributed by atoms with Crippen molar-refractivity contribution >= 4 is 17.5 Å². The highest BCUT2D eigenvalue weighted by atomic mass is 16.5. The molecule has 8 nitrogen and oxygen atoms in total. The van der Waals surface area contributed by atoms with Crippen molar-refractivity contribution in [1.82, 2.24) is 14.9 Å². The molecule has 1 aromatic carbocycles. The Balaban J connectivity index is 1.26. The van der Waals surface area contributed by atoms with E-state index in [4.69, 9.17) is 9.47 Å². The minimum atomic E-state index is -0.938. The minimum absolute atomic E-state index is 0.189. The smallest absolute Gasteiger partial charge is 0.268 e. The summed E-state index contributed by atoms with van der Waals surface area (Å²) in [6.07, 6.45) is 2.64. The lowest BCUT2D eigenvalue weighted by Gasteiger charge is -2.38. The lowest BCUT2D eigenvalue weighted by atomic mass is 10.0. The van der Waals surface area contributed by atoms with Crippen molar-refractivity contribution in [2.75, 3.05) is 43.0 Å². The molecular weight excluding hydrogens is 382 g/mol. The third-order valence-corrected chi connectivity index (χ3v) is 6.24. The van der Waals surface area contributed by atoms with E-state index in [0.717, 1.165) is 45.0 Å². The van der Waals surface area contributed by atoms with Gasteiger partial charge in [-0.05, 0) is 38.0 Å². The first-order valence-electron chi connectivity index (χ1n) is 10.5. The number of aromatic nitrogens is 2. The fraction of sp³-hybridized carbons (Fsp3) is 0.500. The van der Waals surface area contributed by atoms with E-state index in [9.17, 15) is 4.79 Å². The fourth-order valence-corrected chi connectivity index (χ4v) is 4.20. The molecule has 0 radical (unpaired) electrons. The van der Waals surface area contributed by atoms with Gasteiger partial charge in [-0.3, -0.25) is 9.69 Å². The highest BCUT2D eigenvalue weighted by Crippen LogP contribution is 2.33. The topological polar surface area (TPSA) is 79.8 Å². The Kier molecular flexibility index (Phi) is 4.54. The minimum Gasteiger partial charge on any atom is -0.493 e. The van der Waals surface area contributed by atoms with E-state index in [-0.39, 0.29) is 5.91 Å². The average Bonchev–Trinajstić information content (AvgIpc) is 3.21.